The SMILES string of the molecule is CC[C@H](C)[C@H](NC(N)=O)C(=O)Nc1ccc(I)cc1. The highest BCUT2D eigenvalue weighted by atomic mass is 127. The van der Waals surface area contributed by atoms with Crippen LogP contribution >= 0.6 is 22.6 Å². The molecule has 3 amide bonds. The Morgan fingerprint density at radius 1 is 1.32 bits per heavy atom. The van der Waals surface area contributed by atoms with E-state index in [0.29, 0.717) is 5.69 Å². The molecule has 0 aromatic heterocycles. The van der Waals surface area contributed by atoms with Crippen LogP contribution in [0.2, 0.25) is 0 Å². The van der Waals surface area contributed by atoms with Crippen LogP contribution in [0.4, 0.5) is 10.5 Å². The Kier molecular flexibility index (Phi) is 6.07. The van der Waals surface area contributed by atoms with Gasteiger partial charge >= 0.3 is 6.03 Å². The molecular weight excluding hydrogens is 357 g/mol. The number of benzene rings is 1. The molecule has 0 saturated heterocycles. The standard InChI is InChI=1S/C13H18IN3O2/c1-3-8(2)11(17-13(15)19)12(18)16-10-6-4-9(14)5-7-10/h4-8,11H,3H2,1-2H3,(H,16,18)(H3,15,17,19)/t8-,11-/m0/s1. The molecule has 5 nitrogen and oxygen atoms in total. The summed E-state index contributed by atoms with van der Waals surface area (Å²) >= 11 is 2.19. The summed E-state index contributed by atoms with van der Waals surface area (Å²) < 4.78 is 1.09. The zero-order valence-corrected chi connectivity index (χ0v) is 13.1. The number of amides is 3. The van der Waals surface area contributed by atoms with Gasteiger partial charge in [0.25, 0.3) is 0 Å². The van der Waals surface area contributed by atoms with E-state index in [-0.39, 0.29) is 11.8 Å². The largest absolute Gasteiger partial charge is 0.352 e. The predicted molar refractivity (Wildman–Crippen MR) is 83.8 cm³/mol. The molecule has 0 heterocycles. The monoisotopic (exact) mass is 375 g/mol. The number of rotatable bonds is 5. The molecule has 0 aliphatic carbocycles. The van der Waals surface area contributed by atoms with Gasteiger partial charge in [0.2, 0.25) is 5.91 Å². The number of carbonyl (C=O) groups is 2. The molecule has 4 N–H and O–H groups in total. The van der Waals surface area contributed by atoms with Gasteiger partial charge in [-0.2, -0.15) is 0 Å². The fourth-order valence-electron chi connectivity index (χ4n) is 1.61. The summed E-state index contributed by atoms with van der Waals surface area (Å²) in [4.78, 5) is 23.1. The average Bonchev–Trinajstić information content (AvgIpc) is 2.37. The van der Waals surface area contributed by atoms with Crippen molar-refractivity contribution in [1.29, 1.82) is 0 Å². The summed E-state index contributed by atoms with van der Waals surface area (Å²) in [7, 11) is 0. The van der Waals surface area contributed by atoms with Crippen LogP contribution in [-0.4, -0.2) is 18.0 Å². The van der Waals surface area contributed by atoms with Crippen molar-refractivity contribution in [2.75, 3.05) is 5.32 Å². The highest BCUT2D eigenvalue weighted by Gasteiger charge is 2.25. The average molecular weight is 375 g/mol. The minimum absolute atomic E-state index is 0.0105. The minimum atomic E-state index is -0.692. The van der Waals surface area contributed by atoms with E-state index in [1.54, 1.807) is 0 Å². The molecule has 0 fully saturated rings. The number of hydrogen-bond acceptors (Lipinski definition) is 2. The minimum Gasteiger partial charge on any atom is -0.352 e. The molecule has 1 aromatic rings. The van der Waals surface area contributed by atoms with E-state index in [9.17, 15) is 9.59 Å². The van der Waals surface area contributed by atoms with Gasteiger partial charge in [-0.15, -0.1) is 0 Å². The lowest BCUT2D eigenvalue weighted by Crippen LogP contribution is -2.49. The Morgan fingerprint density at radius 3 is 2.37 bits per heavy atom. The van der Waals surface area contributed by atoms with Crippen LogP contribution in [-0.2, 0) is 4.79 Å². The predicted octanol–water partition coefficient (Wildman–Crippen LogP) is 2.31. The highest BCUT2D eigenvalue weighted by Crippen LogP contribution is 2.14. The second kappa shape index (κ2) is 7.32. The van der Waals surface area contributed by atoms with Crippen molar-refractivity contribution < 1.29 is 9.59 Å². The van der Waals surface area contributed by atoms with Crippen molar-refractivity contribution in [3.8, 4) is 0 Å². The number of nitrogens with one attached hydrogen (secondary N) is 2. The summed E-state index contributed by atoms with van der Waals surface area (Å²) in [6.07, 6.45) is 0.769. The van der Waals surface area contributed by atoms with Crippen molar-refractivity contribution in [2.45, 2.75) is 26.3 Å². The lowest BCUT2D eigenvalue weighted by atomic mass is 9.98. The van der Waals surface area contributed by atoms with Gasteiger partial charge in [-0.05, 0) is 52.8 Å². The maximum atomic E-state index is 12.2. The van der Waals surface area contributed by atoms with Crippen LogP contribution in [0.5, 0.6) is 0 Å². The summed E-state index contributed by atoms with van der Waals surface area (Å²) in [5, 5.41) is 5.26. The normalized spacial score (nSPS) is 13.4. The van der Waals surface area contributed by atoms with E-state index in [2.05, 4.69) is 33.2 Å². The van der Waals surface area contributed by atoms with Crippen LogP contribution < -0.4 is 16.4 Å². The van der Waals surface area contributed by atoms with E-state index in [1.165, 1.54) is 0 Å². The molecule has 0 aliphatic rings. The number of nitrogens with two attached hydrogens (primary N) is 1. The number of hydrogen-bond donors (Lipinski definition) is 3. The van der Waals surface area contributed by atoms with Gasteiger partial charge in [-0.1, -0.05) is 20.3 Å². The van der Waals surface area contributed by atoms with Crippen LogP contribution in [0.1, 0.15) is 20.3 Å². The van der Waals surface area contributed by atoms with Gasteiger partial charge < -0.3 is 16.4 Å². The first-order chi connectivity index (χ1) is 8.93. The number of halogens is 1. The molecule has 1 aromatic carbocycles. The topological polar surface area (TPSA) is 84.2 Å². The van der Waals surface area contributed by atoms with Crippen LogP contribution in [0, 0.1) is 9.49 Å². The summed E-state index contributed by atoms with van der Waals surface area (Å²) in [5.41, 5.74) is 5.80. The lowest BCUT2D eigenvalue weighted by molar-refractivity contribution is -0.119. The van der Waals surface area contributed by atoms with Crippen molar-refractivity contribution in [1.82, 2.24) is 5.32 Å². The highest BCUT2D eigenvalue weighted by molar-refractivity contribution is 14.1. The van der Waals surface area contributed by atoms with E-state index in [1.807, 2.05) is 38.1 Å². The smallest absolute Gasteiger partial charge is 0.312 e. The number of anilines is 1. The van der Waals surface area contributed by atoms with E-state index in [4.69, 9.17) is 5.73 Å². The van der Waals surface area contributed by atoms with E-state index >= 15 is 0 Å². The zero-order chi connectivity index (χ0) is 14.4. The van der Waals surface area contributed by atoms with Gasteiger partial charge in [0.15, 0.2) is 0 Å². The molecular formula is C13H18IN3O2. The molecule has 2 atom stereocenters. The fraction of sp³-hybridized carbons (Fsp3) is 0.385. The Morgan fingerprint density at radius 2 is 1.89 bits per heavy atom. The first-order valence-electron chi connectivity index (χ1n) is 6.06. The van der Waals surface area contributed by atoms with Crippen LogP contribution in [0.25, 0.3) is 0 Å². The van der Waals surface area contributed by atoms with Crippen molar-refractivity contribution in [2.24, 2.45) is 11.7 Å². The molecule has 0 aliphatic heterocycles. The maximum absolute atomic E-state index is 12.2. The number of urea groups is 1. The number of carbonyl (C=O) groups excluding carboxylic acids is 2. The second-order valence-corrected chi connectivity index (χ2v) is 5.61. The molecule has 1 rings (SSSR count). The van der Waals surface area contributed by atoms with E-state index in [0.717, 1.165) is 9.99 Å². The summed E-state index contributed by atoms with van der Waals surface area (Å²) in [6, 6.07) is 6.12. The van der Waals surface area contributed by atoms with Crippen LogP contribution in [0.15, 0.2) is 24.3 Å². The molecule has 0 radical (unpaired) electrons. The van der Waals surface area contributed by atoms with Crippen molar-refractivity contribution >= 4 is 40.2 Å². The van der Waals surface area contributed by atoms with E-state index < -0.39 is 12.1 Å². The van der Waals surface area contributed by atoms with Gasteiger partial charge in [-0.3, -0.25) is 4.79 Å². The van der Waals surface area contributed by atoms with Crippen LogP contribution in [0.3, 0.4) is 0 Å². The Bertz CT molecular complexity index is 448. The summed E-state index contributed by atoms with van der Waals surface area (Å²) in [6.45, 7) is 3.85. The molecule has 0 spiro atoms. The quantitative estimate of drug-likeness (QED) is 0.690. The van der Waals surface area contributed by atoms with Crippen molar-refractivity contribution in [3.05, 3.63) is 27.8 Å². The third-order valence-corrected chi connectivity index (χ3v) is 3.62. The van der Waals surface area contributed by atoms with Crippen molar-refractivity contribution in [3.63, 3.8) is 0 Å². The molecule has 104 valence electrons. The molecule has 0 bridgehead atoms. The zero-order valence-electron chi connectivity index (χ0n) is 10.9. The molecule has 6 heteroatoms. The summed E-state index contributed by atoms with van der Waals surface area (Å²) in [5.74, 6) is -0.245. The lowest BCUT2D eigenvalue weighted by Gasteiger charge is -2.22. The van der Waals surface area contributed by atoms with Gasteiger partial charge in [0, 0.05) is 9.26 Å². The molecule has 0 unspecified atom stereocenters. The Labute approximate surface area is 126 Å². The van der Waals surface area contributed by atoms with Gasteiger partial charge in [0.05, 0.1) is 0 Å². The van der Waals surface area contributed by atoms with Gasteiger partial charge in [-0.25, -0.2) is 4.79 Å². The number of primary amides is 1. The first kappa shape index (κ1) is 15.7. The first-order valence-corrected chi connectivity index (χ1v) is 7.14. The fourth-order valence-corrected chi connectivity index (χ4v) is 1.97. The second-order valence-electron chi connectivity index (χ2n) is 4.37. The van der Waals surface area contributed by atoms with Gasteiger partial charge in [0.1, 0.15) is 6.04 Å². The Balaban J connectivity index is 2.76. The maximum Gasteiger partial charge on any atom is 0.312 e. The molecule has 0 saturated carbocycles. The third kappa shape index (κ3) is 5.06. The molecule has 19 heavy (non-hydrogen) atoms. The Hall–Kier alpha value is -1.31. The third-order valence-electron chi connectivity index (χ3n) is 2.90.